The van der Waals surface area contributed by atoms with Gasteiger partial charge in [0.05, 0.1) is 0 Å². The molecule has 0 saturated heterocycles. The van der Waals surface area contributed by atoms with Crippen LogP contribution in [0.25, 0.3) is 0 Å². The summed E-state index contributed by atoms with van der Waals surface area (Å²) in [4.78, 5) is 11.7. The number of hydrogen-bond donors (Lipinski definition) is 0. The Morgan fingerprint density at radius 2 is 1.62 bits per heavy atom. The summed E-state index contributed by atoms with van der Waals surface area (Å²) < 4.78 is 0. The van der Waals surface area contributed by atoms with E-state index in [9.17, 15) is 4.80 Å². The fourth-order valence-corrected chi connectivity index (χ4v) is 2.78. The van der Waals surface area contributed by atoms with Crippen molar-refractivity contribution in [2.75, 3.05) is 0 Å². The van der Waals surface area contributed by atoms with Crippen molar-refractivity contribution < 1.29 is 17.2 Å². The van der Waals surface area contributed by atoms with E-state index in [1.165, 1.54) is 0 Å². The van der Waals surface area contributed by atoms with Crippen molar-refractivity contribution >= 4 is 36.6 Å². The summed E-state index contributed by atoms with van der Waals surface area (Å²) in [6.07, 6.45) is 0. The van der Waals surface area contributed by atoms with E-state index in [1.54, 1.807) is 0 Å². The molecule has 0 radical (unpaired) electrons. The summed E-state index contributed by atoms with van der Waals surface area (Å²) in [5.74, 6) is 0. The van der Waals surface area contributed by atoms with E-state index in [0.29, 0.717) is 0 Å². The van der Waals surface area contributed by atoms with Gasteiger partial charge in [-0.3, -0.25) is 0 Å². The van der Waals surface area contributed by atoms with Crippen molar-refractivity contribution in [3.8, 4) is 0 Å². The molecule has 1 nitrogen and oxygen atoms in total. The third-order valence-electron chi connectivity index (χ3n) is 1.79. The van der Waals surface area contributed by atoms with Gasteiger partial charge >= 0.3 is 23.1 Å². The zero-order valence-electron chi connectivity index (χ0n) is 8.30. The van der Waals surface area contributed by atoms with Gasteiger partial charge in [0.25, 0.3) is 0 Å². The zero-order chi connectivity index (χ0) is 8.48. The predicted octanol–water partition coefficient (Wildman–Crippen LogP) is -2.61. The Hall–Kier alpha value is 0.453. The minimum Gasteiger partial charge on any atom is -1.00 e. The molecule has 0 aliphatic heterocycles. The number of aryl methyl sites for hydroxylation is 1. The number of rotatable bonds is 1. The Bertz CT molecular complexity index is 260. The molecule has 0 saturated carbocycles. The summed E-state index contributed by atoms with van der Waals surface area (Å²) in [6.45, 7) is 5.66. The van der Waals surface area contributed by atoms with Gasteiger partial charge in [0.15, 0.2) is 0 Å². The van der Waals surface area contributed by atoms with E-state index in [0.717, 1.165) is 10.8 Å². The van der Waals surface area contributed by atoms with Crippen LogP contribution in [0, 0.1) is 6.92 Å². The van der Waals surface area contributed by atoms with Crippen molar-refractivity contribution in [1.82, 2.24) is 0 Å². The number of benzene rings is 1. The SMILES string of the molecule is Cc1ccccc1[Si](C)(C)[O-].[Cl-].[Mg+2]. The smallest absolute Gasteiger partial charge is 1.00 e. The second-order valence-corrected chi connectivity index (χ2v) is 6.88. The first-order chi connectivity index (χ1) is 5.02. The van der Waals surface area contributed by atoms with Crippen LogP contribution in [0.15, 0.2) is 24.3 Å². The molecular formula is C9H13ClMgOSi. The van der Waals surface area contributed by atoms with E-state index < -0.39 is 8.32 Å². The summed E-state index contributed by atoms with van der Waals surface area (Å²) in [7, 11) is -2.33. The predicted molar refractivity (Wildman–Crippen MR) is 54.0 cm³/mol. The van der Waals surface area contributed by atoms with E-state index in [-0.39, 0.29) is 35.5 Å². The maximum absolute atomic E-state index is 11.7. The zero-order valence-corrected chi connectivity index (χ0v) is 11.5. The first-order valence-corrected chi connectivity index (χ1v) is 6.69. The Kier molecular flexibility index (Phi) is 7.38. The molecule has 1 aromatic rings. The first kappa shape index (κ1) is 15.9. The van der Waals surface area contributed by atoms with Crippen molar-refractivity contribution in [3.05, 3.63) is 29.8 Å². The Morgan fingerprint density at radius 1 is 1.15 bits per heavy atom. The van der Waals surface area contributed by atoms with Gasteiger partial charge < -0.3 is 17.2 Å². The summed E-state index contributed by atoms with van der Waals surface area (Å²) in [5, 5.41) is 1.03. The number of hydrogen-bond acceptors (Lipinski definition) is 1. The van der Waals surface area contributed by atoms with Crippen LogP contribution in [-0.2, 0) is 0 Å². The van der Waals surface area contributed by atoms with Gasteiger partial charge in [-0.2, -0.15) is 0 Å². The molecule has 0 spiro atoms. The maximum Gasteiger partial charge on any atom is 2.00 e. The molecule has 0 aliphatic carbocycles. The van der Waals surface area contributed by atoms with Crippen LogP contribution in [0.2, 0.25) is 13.1 Å². The molecule has 0 aliphatic rings. The molecule has 0 aromatic heterocycles. The summed E-state index contributed by atoms with van der Waals surface area (Å²) in [5.41, 5.74) is 1.14. The van der Waals surface area contributed by atoms with Crippen LogP contribution < -0.4 is 22.4 Å². The molecule has 0 bridgehead atoms. The van der Waals surface area contributed by atoms with Gasteiger partial charge in [0, 0.05) is 0 Å². The van der Waals surface area contributed by atoms with Crippen LogP contribution in [0.3, 0.4) is 0 Å². The average molecular weight is 225 g/mol. The normalized spacial score (nSPS) is 9.85. The molecule has 4 heteroatoms. The second-order valence-electron chi connectivity index (χ2n) is 3.33. The van der Waals surface area contributed by atoms with Crippen molar-refractivity contribution in [1.29, 1.82) is 0 Å². The van der Waals surface area contributed by atoms with E-state index in [4.69, 9.17) is 0 Å². The van der Waals surface area contributed by atoms with Crippen molar-refractivity contribution in [2.45, 2.75) is 20.0 Å². The van der Waals surface area contributed by atoms with Gasteiger partial charge in [-0.1, -0.05) is 48.1 Å². The Balaban J connectivity index is 0. The molecule has 1 aromatic carbocycles. The van der Waals surface area contributed by atoms with Crippen molar-refractivity contribution in [3.63, 3.8) is 0 Å². The maximum atomic E-state index is 11.7. The fraction of sp³-hybridized carbons (Fsp3) is 0.333. The minimum absolute atomic E-state index is 0. The fourth-order valence-electron chi connectivity index (χ4n) is 1.25. The number of halogens is 1. The summed E-state index contributed by atoms with van der Waals surface area (Å²) >= 11 is 0. The molecule has 0 heterocycles. The third kappa shape index (κ3) is 4.47. The molecule has 0 fully saturated rings. The summed E-state index contributed by atoms with van der Waals surface area (Å²) in [6, 6.07) is 7.87. The van der Waals surface area contributed by atoms with Crippen LogP contribution in [0.1, 0.15) is 5.56 Å². The van der Waals surface area contributed by atoms with Crippen LogP contribution in [0.4, 0.5) is 0 Å². The minimum atomic E-state index is -2.33. The molecule has 13 heavy (non-hydrogen) atoms. The second kappa shape index (κ2) is 6.03. The van der Waals surface area contributed by atoms with Gasteiger partial charge in [-0.15, -0.1) is 0 Å². The molecule has 0 unspecified atom stereocenters. The van der Waals surface area contributed by atoms with E-state index in [1.807, 2.05) is 44.3 Å². The van der Waals surface area contributed by atoms with Crippen LogP contribution in [0.5, 0.6) is 0 Å². The van der Waals surface area contributed by atoms with Crippen LogP contribution in [-0.4, -0.2) is 31.4 Å². The van der Waals surface area contributed by atoms with Gasteiger partial charge in [-0.25, -0.2) is 0 Å². The molecule has 0 atom stereocenters. The van der Waals surface area contributed by atoms with Gasteiger partial charge in [0.1, 0.15) is 0 Å². The molecular weight excluding hydrogens is 212 g/mol. The Morgan fingerprint density at radius 3 is 1.92 bits per heavy atom. The van der Waals surface area contributed by atoms with Crippen LogP contribution >= 0.6 is 0 Å². The van der Waals surface area contributed by atoms with Gasteiger partial charge in [-0.05, 0) is 15.2 Å². The largest absolute Gasteiger partial charge is 2.00 e. The average Bonchev–Trinajstić information content (AvgIpc) is 1.86. The van der Waals surface area contributed by atoms with Gasteiger partial charge in [0.2, 0.25) is 0 Å². The molecule has 0 N–H and O–H groups in total. The first-order valence-electron chi connectivity index (χ1n) is 3.78. The van der Waals surface area contributed by atoms with E-state index >= 15 is 0 Å². The third-order valence-corrected chi connectivity index (χ3v) is 3.65. The Labute approximate surface area is 103 Å². The van der Waals surface area contributed by atoms with Crippen molar-refractivity contribution in [2.24, 2.45) is 0 Å². The molecule has 68 valence electrons. The monoisotopic (exact) mass is 224 g/mol. The standard InChI is InChI=1S/C9H13OSi.ClH.Mg/c1-8-6-4-5-7-9(8)11(2,3)10;;/h4-7H,1-3H3;1H;/q-1;;+2/p-1. The topological polar surface area (TPSA) is 23.1 Å². The van der Waals surface area contributed by atoms with E-state index in [2.05, 4.69) is 0 Å². The molecule has 1 rings (SSSR count). The quantitative estimate of drug-likeness (QED) is 0.480. The molecule has 0 amide bonds.